The average Bonchev–Trinajstić information content (AvgIpc) is 2.69. The number of nitriles is 1. The number of rotatable bonds is 7. The van der Waals surface area contributed by atoms with Gasteiger partial charge in [-0.15, -0.1) is 0 Å². The number of nitro groups is 1. The molecule has 0 aromatic heterocycles. The average molecular weight is 399 g/mol. The minimum atomic E-state index is -0.732. The summed E-state index contributed by atoms with van der Waals surface area (Å²) < 4.78 is 9.98. The minimum Gasteiger partial charge on any atom is -0.469 e. The number of dihydropyridines is 1. The van der Waals surface area contributed by atoms with Crippen molar-refractivity contribution in [1.29, 1.82) is 5.26 Å². The lowest BCUT2D eigenvalue weighted by Gasteiger charge is -2.31. The summed E-state index contributed by atoms with van der Waals surface area (Å²) in [7, 11) is 1.26. The van der Waals surface area contributed by atoms with Crippen LogP contribution in [0.3, 0.4) is 0 Å². The van der Waals surface area contributed by atoms with E-state index in [0.29, 0.717) is 22.5 Å². The zero-order valence-electron chi connectivity index (χ0n) is 16.4. The molecule has 1 aliphatic rings. The van der Waals surface area contributed by atoms with Crippen molar-refractivity contribution >= 4 is 17.6 Å². The Kier molecular flexibility index (Phi) is 7.09. The van der Waals surface area contributed by atoms with E-state index in [1.165, 1.54) is 25.3 Å². The predicted octanol–water partition coefficient (Wildman–Crippen LogP) is 2.85. The summed E-state index contributed by atoms with van der Waals surface area (Å²) >= 11 is 0. The maximum Gasteiger partial charge on any atom is 0.336 e. The van der Waals surface area contributed by atoms with Gasteiger partial charge in [0.2, 0.25) is 0 Å². The lowest BCUT2D eigenvalue weighted by molar-refractivity contribution is -0.384. The summed E-state index contributed by atoms with van der Waals surface area (Å²) in [5, 5.41) is 23.0. The van der Waals surface area contributed by atoms with Crippen molar-refractivity contribution in [2.45, 2.75) is 32.6 Å². The molecule has 29 heavy (non-hydrogen) atoms. The fraction of sp³-hybridized carbons (Fsp3) is 0.350. The summed E-state index contributed by atoms with van der Waals surface area (Å²) in [5.41, 5.74) is 2.28. The number of nitrogens with zero attached hydrogens (tertiary/aromatic N) is 2. The Hall–Kier alpha value is -3.67. The van der Waals surface area contributed by atoms with Gasteiger partial charge in [-0.1, -0.05) is 12.1 Å². The molecule has 9 nitrogen and oxygen atoms in total. The van der Waals surface area contributed by atoms with E-state index in [9.17, 15) is 19.7 Å². The first kappa shape index (κ1) is 21.6. The highest BCUT2D eigenvalue weighted by atomic mass is 16.6. The molecule has 0 amide bonds. The van der Waals surface area contributed by atoms with Crippen LogP contribution < -0.4 is 5.32 Å². The number of non-ortho nitro benzene ring substituents is 1. The molecule has 0 aliphatic carbocycles. The van der Waals surface area contributed by atoms with Crippen LogP contribution in [0.4, 0.5) is 5.69 Å². The number of hydrogen-bond donors (Lipinski definition) is 1. The third-order valence-corrected chi connectivity index (χ3v) is 4.54. The van der Waals surface area contributed by atoms with Crippen molar-refractivity contribution < 1.29 is 24.0 Å². The zero-order chi connectivity index (χ0) is 21.6. The Morgan fingerprint density at radius 2 is 2.03 bits per heavy atom. The van der Waals surface area contributed by atoms with Gasteiger partial charge in [-0.25, -0.2) is 4.79 Å². The number of ether oxygens (including phenoxy) is 2. The lowest BCUT2D eigenvalue weighted by Crippen LogP contribution is -2.30. The molecule has 0 bridgehead atoms. The fourth-order valence-corrected chi connectivity index (χ4v) is 3.22. The lowest BCUT2D eigenvalue weighted by atomic mass is 9.79. The van der Waals surface area contributed by atoms with Gasteiger partial charge < -0.3 is 14.8 Å². The van der Waals surface area contributed by atoms with Crippen molar-refractivity contribution in [3.05, 3.63) is 62.5 Å². The summed E-state index contributed by atoms with van der Waals surface area (Å²) in [6.45, 7) is 3.36. The normalized spacial score (nSPS) is 16.0. The number of nitro benzene ring substituents is 1. The number of esters is 2. The number of carbonyl (C=O) groups is 2. The first-order chi connectivity index (χ1) is 13.8. The van der Waals surface area contributed by atoms with Gasteiger partial charge >= 0.3 is 11.9 Å². The molecule has 0 fully saturated rings. The van der Waals surface area contributed by atoms with E-state index in [2.05, 4.69) is 5.32 Å². The largest absolute Gasteiger partial charge is 0.469 e. The zero-order valence-corrected chi connectivity index (χ0v) is 16.4. The number of nitrogens with one attached hydrogen (secondary N) is 1. The van der Waals surface area contributed by atoms with Gasteiger partial charge in [0.05, 0.1) is 36.5 Å². The third kappa shape index (κ3) is 4.99. The van der Waals surface area contributed by atoms with Gasteiger partial charge in [-0.2, -0.15) is 5.26 Å². The Morgan fingerprint density at radius 1 is 1.31 bits per heavy atom. The predicted molar refractivity (Wildman–Crippen MR) is 102 cm³/mol. The molecule has 152 valence electrons. The minimum absolute atomic E-state index is 0.0385. The number of hydrogen-bond acceptors (Lipinski definition) is 8. The van der Waals surface area contributed by atoms with Gasteiger partial charge in [0.25, 0.3) is 5.69 Å². The molecule has 1 unspecified atom stereocenters. The Morgan fingerprint density at radius 3 is 2.66 bits per heavy atom. The van der Waals surface area contributed by atoms with Crippen molar-refractivity contribution in [3.8, 4) is 6.07 Å². The SMILES string of the molecule is COC(=O)CC1=C(C)NC(C)=C(C(=O)OCCC#N)C1c1cccc([N+](=O)[O-])c1. The van der Waals surface area contributed by atoms with Crippen LogP contribution >= 0.6 is 0 Å². The van der Waals surface area contributed by atoms with Gasteiger partial charge in [0.1, 0.15) is 6.61 Å². The molecular formula is C20H21N3O6. The first-order valence-corrected chi connectivity index (χ1v) is 8.82. The Balaban J connectivity index is 2.58. The number of methoxy groups -OCH3 is 1. The molecular weight excluding hydrogens is 378 g/mol. The van der Waals surface area contributed by atoms with E-state index in [4.69, 9.17) is 14.7 Å². The maximum atomic E-state index is 12.8. The molecule has 9 heteroatoms. The topological polar surface area (TPSA) is 132 Å². The van der Waals surface area contributed by atoms with E-state index >= 15 is 0 Å². The van der Waals surface area contributed by atoms with Crippen LogP contribution in [0.1, 0.15) is 38.2 Å². The third-order valence-electron chi connectivity index (χ3n) is 4.54. The van der Waals surface area contributed by atoms with Crippen molar-refractivity contribution in [1.82, 2.24) is 5.32 Å². The molecule has 1 N–H and O–H groups in total. The standard InChI is InChI=1S/C20H21N3O6/c1-12-16(11-17(24)28-3)19(14-6-4-7-15(10-14)23(26)27)18(13(2)22-12)20(25)29-9-5-8-21/h4,6-7,10,19,22H,5,9,11H2,1-3H3. The van der Waals surface area contributed by atoms with Crippen molar-refractivity contribution in [3.63, 3.8) is 0 Å². The van der Waals surface area contributed by atoms with Crippen LogP contribution in [0, 0.1) is 21.4 Å². The highest BCUT2D eigenvalue weighted by Crippen LogP contribution is 2.41. The number of benzene rings is 1. The first-order valence-electron chi connectivity index (χ1n) is 8.82. The molecule has 1 aromatic carbocycles. The molecule has 0 saturated carbocycles. The van der Waals surface area contributed by atoms with Gasteiger partial charge in [-0.3, -0.25) is 14.9 Å². The van der Waals surface area contributed by atoms with Crippen LogP contribution in [0.25, 0.3) is 0 Å². The summed E-state index contributed by atoms with van der Waals surface area (Å²) in [4.78, 5) is 35.5. The van der Waals surface area contributed by atoms with Gasteiger partial charge in [-0.05, 0) is 25.0 Å². The molecule has 2 rings (SSSR count). The quantitative estimate of drug-likeness (QED) is 0.320. The van der Waals surface area contributed by atoms with Crippen LogP contribution in [-0.2, 0) is 19.1 Å². The van der Waals surface area contributed by atoms with Crippen LogP contribution in [0.5, 0.6) is 0 Å². The van der Waals surface area contributed by atoms with E-state index in [-0.39, 0.29) is 30.7 Å². The highest BCUT2D eigenvalue weighted by molar-refractivity contribution is 5.93. The summed E-state index contributed by atoms with van der Waals surface area (Å²) in [6.07, 6.45) is -0.0677. The summed E-state index contributed by atoms with van der Waals surface area (Å²) in [6, 6.07) is 7.79. The van der Waals surface area contributed by atoms with Crippen molar-refractivity contribution in [2.24, 2.45) is 0 Å². The van der Waals surface area contributed by atoms with E-state index in [1.54, 1.807) is 19.9 Å². The molecule has 1 aliphatic heterocycles. The van der Waals surface area contributed by atoms with Gasteiger partial charge in [0.15, 0.2) is 0 Å². The highest BCUT2D eigenvalue weighted by Gasteiger charge is 2.35. The molecule has 0 spiro atoms. The monoisotopic (exact) mass is 399 g/mol. The van der Waals surface area contributed by atoms with Gasteiger partial charge in [0, 0.05) is 29.4 Å². The van der Waals surface area contributed by atoms with E-state index < -0.39 is 22.8 Å². The second-order valence-corrected chi connectivity index (χ2v) is 6.40. The van der Waals surface area contributed by atoms with Crippen LogP contribution in [0.15, 0.2) is 46.8 Å². The van der Waals surface area contributed by atoms with Crippen LogP contribution in [-0.4, -0.2) is 30.6 Å². The number of carbonyl (C=O) groups excluding carboxylic acids is 2. The molecule has 1 aromatic rings. The van der Waals surface area contributed by atoms with Crippen LogP contribution in [0.2, 0.25) is 0 Å². The van der Waals surface area contributed by atoms with Crippen molar-refractivity contribution in [2.75, 3.05) is 13.7 Å². The Bertz CT molecular complexity index is 942. The number of allylic oxidation sites excluding steroid dienone is 2. The summed E-state index contributed by atoms with van der Waals surface area (Å²) in [5.74, 6) is -1.89. The Labute approximate surface area is 167 Å². The van der Waals surface area contributed by atoms with E-state index in [0.717, 1.165) is 0 Å². The second kappa shape index (κ2) is 9.50. The maximum absolute atomic E-state index is 12.8. The smallest absolute Gasteiger partial charge is 0.336 e. The molecule has 1 atom stereocenters. The molecule has 1 heterocycles. The molecule has 0 saturated heterocycles. The fourth-order valence-electron chi connectivity index (χ4n) is 3.22. The molecule has 0 radical (unpaired) electrons. The van der Waals surface area contributed by atoms with E-state index in [1.807, 2.05) is 6.07 Å². The second-order valence-electron chi connectivity index (χ2n) is 6.40.